The van der Waals surface area contributed by atoms with Crippen LogP contribution in [0.4, 0.5) is 0 Å². The Kier molecular flexibility index (Phi) is 4.87. The fourth-order valence-corrected chi connectivity index (χ4v) is 2.11. The van der Waals surface area contributed by atoms with Gasteiger partial charge in [-0.2, -0.15) is 5.53 Å². The van der Waals surface area contributed by atoms with Crippen molar-refractivity contribution in [3.63, 3.8) is 0 Å². The summed E-state index contributed by atoms with van der Waals surface area (Å²) in [5.74, 6) is 0.474. The Balaban J connectivity index is 1.91. The van der Waals surface area contributed by atoms with E-state index in [0.29, 0.717) is 22.7 Å². The van der Waals surface area contributed by atoms with Crippen LogP contribution in [0.2, 0.25) is 0 Å². The highest BCUT2D eigenvalue weighted by atomic mass is 16.5. The van der Waals surface area contributed by atoms with Crippen molar-refractivity contribution < 1.29 is 9.53 Å². The van der Waals surface area contributed by atoms with Gasteiger partial charge in [-0.3, -0.25) is 4.79 Å². The van der Waals surface area contributed by atoms with Gasteiger partial charge in [0.2, 0.25) is 5.91 Å². The molecule has 11 nitrogen and oxygen atoms in total. The Hall–Kier alpha value is -3.37. The van der Waals surface area contributed by atoms with Gasteiger partial charge < -0.3 is 15.4 Å². The van der Waals surface area contributed by atoms with E-state index in [1.165, 1.54) is 15.8 Å². The zero-order chi connectivity index (χ0) is 18.7. The standard InChI is InChI=1S/C15H19N9O2/c1-23(2)13(25)8-24-7-11(19-22-24)14-12(26-10-3-4-10)5-9(6-18-14)15(16)20-21-17/h5-7,10H,3-4,8H2,1-2H3,(H3,16,17,20). The summed E-state index contributed by atoms with van der Waals surface area (Å²) >= 11 is 0. The summed E-state index contributed by atoms with van der Waals surface area (Å²) in [6.45, 7) is 0.0848. The van der Waals surface area contributed by atoms with Gasteiger partial charge in [0.25, 0.3) is 0 Å². The minimum Gasteiger partial charge on any atom is -0.488 e. The molecule has 0 spiro atoms. The van der Waals surface area contributed by atoms with Gasteiger partial charge in [0.15, 0.2) is 5.84 Å². The second-order valence-electron chi connectivity index (χ2n) is 6.06. The number of likely N-dealkylation sites (N-methyl/N-ethyl adjacent to an activating group) is 1. The Labute approximate surface area is 149 Å². The lowest BCUT2D eigenvalue weighted by Gasteiger charge is -2.10. The zero-order valence-corrected chi connectivity index (χ0v) is 14.5. The van der Waals surface area contributed by atoms with E-state index in [1.807, 2.05) is 0 Å². The van der Waals surface area contributed by atoms with Crippen molar-refractivity contribution in [2.24, 2.45) is 16.1 Å². The lowest BCUT2D eigenvalue weighted by Crippen LogP contribution is -2.26. The lowest BCUT2D eigenvalue weighted by molar-refractivity contribution is -0.129. The van der Waals surface area contributed by atoms with Crippen molar-refractivity contribution in [2.75, 3.05) is 14.1 Å². The first-order valence-electron chi connectivity index (χ1n) is 7.95. The van der Waals surface area contributed by atoms with Crippen molar-refractivity contribution >= 4 is 11.7 Å². The molecule has 11 heteroatoms. The number of rotatable bonds is 7. The maximum absolute atomic E-state index is 11.8. The number of amidine groups is 1. The van der Waals surface area contributed by atoms with E-state index < -0.39 is 0 Å². The molecule has 0 aliphatic heterocycles. The SMILES string of the molecule is CN(C)C(=O)Cn1cc(-c2ncc(C(N)=NN=N)cc2OC2CC2)nn1. The number of nitrogens with zero attached hydrogens (tertiary/aromatic N) is 7. The monoisotopic (exact) mass is 357 g/mol. The fraction of sp³-hybridized carbons (Fsp3) is 0.400. The maximum atomic E-state index is 11.8. The summed E-state index contributed by atoms with van der Waals surface area (Å²) in [4.78, 5) is 17.6. The van der Waals surface area contributed by atoms with Crippen LogP contribution in [0.3, 0.4) is 0 Å². The summed E-state index contributed by atoms with van der Waals surface area (Å²) in [7, 11) is 3.36. The van der Waals surface area contributed by atoms with E-state index in [-0.39, 0.29) is 24.4 Å². The molecule has 0 saturated heterocycles. The van der Waals surface area contributed by atoms with Crippen LogP contribution >= 0.6 is 0 Å². The number of nitrogens with one attached hydrogen (secondary N) is 1. The van der Waals surface area contributed by atoms with Crippen LogP contribution in [-0.4, -0.2) is 56.8 Å². The van der Waals surface area contributed by atoms with E-state index in [4.69, 9.17) is 16.0 Å². The molecule has 26 heavy (non-hydrogen) atoms. The van der Waals surface area contributed by atoms with Gasteiger partial charge in [-0.15, -0.1) is 10.2 Å². The topological polar surface area (TPSA) is 148 Å². The van der Waals surface area contributed by atoms with E-state index in [2.05, 4.69) is 25.6 Å². The summed E-state index contributed by atoms with van der Waals surface area (Å²) in [6, 6.07) is 1.69. The molecular formula is C15H19N9O2. The highest BCUT2D eigenvalue weighted by Crippen LogP contribution is 2.33. The number of carbonyl (C=O) groups excluding carboxylic acids is 1. The Bertz CT molecular complexity index is 855. The van der Waals surface area contributed by atoms with Gasteiger partial charge in [0, 0.05) is 25.9 Å². The van der Waals surface area contributed by atoms with E-state index in [1.54, 1.807) is 26.4 Å². The summed E-state index contributed by atoms with van der Waals surface area (Å²) in [6.07, 6.45) is 5.22. The fourth-order valence-electron chi connectivity index (χ4n) is 2.11. The number of hydrogen-bond donors (Lipinski definition) is 2. The summed E-state index contributed by atoms with van der Waals surface area (Å²) in [5.41, 5.74) is 14.0. The highest BCUT2D eigenvalue weighted by molar-refractivity contribution is 5.97. The Morgan fingerprint density at radius 3 is 2.92 bits per heavy atom. The van der Waals surface area contributed by atoms with Crippen LogP contribution in [0.25, 0.3) is 11.4 Å². The minimum absolute atomic E-state index is 0.0694. The van der Waals surface area contributed by atoms with E-state index in [9.17, 15) is 4.79 Å². The Morgan fingerprint density at radius 1 is 1.50 bits per heavy atom. The molecule has 2 heterocycles. The lowest BCUT2D eigenvalue weighted by atomic mass is 10.2. The molecular weight excluding hydrogens is 338 g/mol. The molecule has 0 unspecified atom stereocenters. The zero-order valence-electron chi connectivity index (χ0n) is 14.5. The molecule has 1 saturated carbocycles. The average molecular weight is 357 g/mol. The first kappa shape index (κ1) is 17.5. The molecule has 3 N–H and O–H groups in total. The molecule has 1 aliphatic rings. The number of ether oxygens (including phenoxy) is 1. The first-order valence-corrected chi connectivity index (χ1v) is 7.95. The van der Waals surface area contributed by atoms with Gasteiger partial charge in [-0.05, 0) is 18.9 Å². The van der Waals surface area contributed by atoms with Crippen LogP contribution in [0.1, 0.15) is 18.4 Å². The number of pyridine rings is 1. The molecule has 1 amide bonds. The third kappa shape index (κ3) is 3.99. The van der Waals surface area contributed by atoms with Crippen LogP contribution in [0.5, 0.6) is 5.75 Å². The number of hydrogen-bond acceptors (Lipinski definition) is 7. The van der Waals surface area contributed by atoms with Crippen LogP contribution < -0.4 is 10.5 Å². The summed E-state index contributed by atoms with van der Waals surface area (Å²) in [5, 5.41) is 14.5. The number of amides is 1. The highest BCUT2D eigenvalue weighted by Gasteiger charge is 2.26. The largest absolute Gasteiger partial charge is 0.488 e. The van der Waals surface area contributed by atoms with Gasteiger partial charge in [-0.1, -0.05) is 10.4 Å². The van der Waals surface area contributed by atoms with Crippen molar-refractivity contribution in [3.8, 4) is 17.1 Å². The second-order valence-corrected chi connectivity index (χ2v) is 6.06. The number of carbonyl (C=O) groups is 1. The molecule has 1 aliphatic carbocycles. The third-order valence-corrected chi connectivity index (χ3v) is 3.70. The smallest absolute Gasteiger partial charge is 0.243 e. The molecule has 136 valence electrons. The van der Waals surface area contributed by atoms with E-state index in [0.717, 1.165) is 12.8 Å². The normalized spacial score (nSPS) is 14.2. The molecule has 0 bridgehead atoms. The van der Waals surface area contributed by atoms with Crippen molar-refractivity contribution in [2.45, 2.75) is 25.5 Å². The minimum atomic E-state index is -0.0951. The van der Waals surface area contributed by atoms with Crippen molar-refractivity contribution in [3.05, 3.63) is 24.0 Å². The van der Waals surface area contributed by atoms with Gasteiger partial charge in [0.05, 0.1) is 12.3 Å². The quantitative estimate of drug-likeness (QED) is 0.321. The molecule has 0 radical (unpaired) electrons. The van der Waals surface area contributed by atoms with Crippen LogP contribution in [0.15, 0.2) is 28.8 Å². The predicted octanol–water partition coefficient (Wildman–Crippen LogP) is 0.621. The predicted molar refractivity (Wildman–Crippen MR) is 91.5 cm³/mol. The summed E-state index contributed by atoms with van der Waals surface area (Å²) < 4.78 is 7.35. The van der Waals surface area contributed by atoms with Crippen LogP contribution in [0, 0.1) is 5.53 Å². The molecule has 1 fully saturated rings. The van der Waals surface area contributed by atoms with E-state index >= 15 is 0 Å². The first-order chi connectivity index (χ1) is 12.5. The van der Waals surface area contributed by atoms with Crippen molar-refractivity contribution in [1.82, 2.24) is 24.9 Å². The van der Waals surface area contributed by atoms with Gasteiger partial charge in [0.1, 0.15) is 23.7 Å². The third-order valence-electron chi connectivity index (χ3n) is 3.70. The molecule has 0 atom stereocenters. The van der Waals surface area contributed by atoms with Gasteiger partial charge >= 0.3 is 0 Å². The van der Waals surface area contributed by atoms with Crippen molar-refractivity contribution in [1.29, 1.82) is 5.53 Å². The molecule has 0 aromatic carbocycles. The number of nitrogens with two attached hydrogens (primary N) is 1. The van der Waals surface area contributed by atoms with Gasteiger partial charge in [-0.25, -0.2) is 9.67 Å². The van der Waals surface area contributed by atoms with Crippen LogP contribution in [-0.2, 0) is 11.3 Å². The molecule has 2 aromatic heterocycles. The molecule has 2 aromatic rings. The molecule has 3 rings (SSSR count). The number of aromatic nitrogens is 4. The second kappa shape index (κ2) is 7.25. The Morgan fingerprint density at radius 2 is 2.27 bits per heavy atom. The maximum Gasteiger partial charge on any atom is 0.243 e. The average Bonchev–Trinajstić information content (AvgIpc) is 3.30.